The van der Waals surface area contributed by atoms with Crippen LogP contribution in [0.4, 0.5) is 0 Å². The van der Waals surface area contributed by atoms with Crippen LogP contribution in [0.15, 0.2) is 11.8 Å². The lowest BCUT2D eigenvalue weighted by Crippen LogP contribution is -2.64. The molecule has 0 aromatic rings. The summed E-state index contributed by atoms with van der Waals surface area (Å²) >= 11 is 0. The van der Waals surface area contributed by atoms with Crippen LogP contribution in [0.25, 0.3) is 0 Å². The number of hydrogen-bond acceptors (Lipinski definition) is 4. The quantitative estimate of drug-likeness (QED) is 0.532. The van der Waals surface area contributed by atoms with Gasteiger partial charge in [-0.1, -0.05) is 6.08 Å². The molecule has 5 atom stereocenters. The normalized spacial score (nSPS) is 54.6. The van der Waals surface area contributed by atoms with Crippen LogP contribution in [0.1, 0.15) is 6.92 Å². The van der Waals surface area contributed by atoms with E-state index >= 15 is 0 Å². The maximum Gasteiger partial charge on any atom is 0.120 e. The van der Waals surface area contributed by atoms with Crippen LogP contribution < -0.4 is 5.32 Å². The molecule has 3 saturated heterocycles. The van der Waals surface area contributed by atoms with Crippen molar-refractivity contribution in [1.29, 1.82) is 0 Å². The number of hydrogen-bond donors (Lipinski definition) is 2. The number of rotatable bonds is 1. The summed E-state index contributed by atoms with van der Waals surface area (Å²) in [5.74, 6) is 0. The summed E-state index contributed by atoms with van der Waals surface area (Å²) in [6.45, 7) is 2.04. The molecule has 3 heterocycles. The van der Waals surface area contributed by atoms with Crippen molar-refractivity contribution in [3.63, 3.8) is 0 Å². The highest BCUT2D eigenvalue weighted by Gasteiger charge is 2.61. The summed E-state index contributed by atoms with van der Waals surface area (Å²) in [6, 6.07) is 0.319. The standard InChI is InChI=1S/C9H13NO3/c1-2-4-7-6(10-4)9-8(13-9)5(3-11)12-7/h2,5-11H,3H2,1H3/b4-2+. The van der Waals surface area contributed by atoms with Crippen molar-refractivity contribution in [1.82, 2.24) is 5.32 Å². The third-order valence-corrected chi connectivity index (χ3v) is 3.06. The van der Waals surface area contributed by atoms with Crippen LogP contribution in [0, 0.1) is 0 Å². The number of aliphatic hydroxyl groups excluding tert-OH is 1. The SMILES string of the molecule is C/C=C1/NC2C1OC(CO)C1OC21. The Labute approximate surface area is 76.5 Å². The molecular weight excluding hydrogens is 170 g/mol. The fourth-order valence-electron chi connectivity index (χ4n) is 2.24. The van der Waals surface area contributed by atoms with Crippen molar-refractivity contribution in [3.05, 3.63) is 11.8 Å². The van der Waals surface area contributed by atoms with Crippen molar-refractivity contribution < 1.29 is 14.6 Å². The van der Waals surface area contributed by atoms with Crippen LogP contribution >= 0.6 is 0 Å². The Hall–Kier alpha value is -0.580. The molecule has 2 N–H and O–H groups in total. The summed E-state index contributed by atoms with van der Waals surface area (Å²) < 4.78 is 11.1. The average molecular weight is 183 g/mol. The molecule has 0 aliphatic carbocycles. The first-order valence-electron chi connectivity index (χ1n) is 4.69. The van der Waals surface area contributed by atoms with E-state index < -0.39 is 0 Å². The van der Waals surface area contributed by atoms with E-state index in [1.807, 2.05) is 13.0 Å². The van der Waals surface area contributed by atoms with Crippen LogP contribution in [0.3, 0.4) is 0 Å². The summed E-state index contributed by atoms with van der Waals surface area (Å²) in [5, 5.41) is 12.3. The average Bonchev–Trinajstić information content (AvgIpc) is 2.85. The van der Waals surface area contributed by atoms with Crippen LogP contribution in [0.5, 0.6) is 0 Å². The van der Waals surface area contributed by atoms with Gasteiger partial charge < -0.3 is 19.9 Å². The Bertz CT molecular complexity index is 266. The first-order valence-corrected chi connectivity index (χ1v) is 4.69. The van der Waals surface area contributed by atoms with E-state index in [-0.39, 0.29) is 31.0 Å². The Balaban J connectivity index is 1.78. The van der Waals surface area contributed by atoms with Gasteiger partial charge in [-0.2, -0.15) is 0 Å². The number of fused-ring (bicyclic) bond motifs is 3. The molecule has 0 radical (unpaired) electrons. The minimum absolute atomic E-state index is 0.0569. The van der Waals surface area contributed by atoms with E-state index in [1.54, 1.807) is 0 Å². The maximum atomic E-state index is 9.03. The Morgan fingerprint density at radius 2 is 2.31 bits per heavy atom. The fraction of sp³-hybridized carbons (Fsp3) is 0.778. The molecule has 4 heteroatoms. The fourth-order valence-corrected chi connectivity index (χ4v) is 2.24. The van der Waals surface area contributed by atoms with E-state index in [9.17, 15) is 0 Å². The van der Waals surface area contributed by atoms with Gasteiger partial charge in [0.2, 0.25) is 0 Å². The lowest BCUT2D eigenvalue weighted by molar-refractivity contribution is -0.0828. The summed E-state index contributed by atoms with van der Waals surface area (Å²) in [7, 11) is 0. The van der Waals surface area contributed by atoms with Gasteiger partial charge in [0, 0.05) is 5.70 Å². The highest BCUT2D eigenvalue weighted by Crippen LogP contribution is 2.43. The molecule has 4 nitrogen and oxygen atoms in total. The Morgan fingerprint density at radius 3 is 3.00 bits per heavy atom. The van der Waals surface area contributed by atoms with Gasteiger partial charge in [-0.3, -0.25) is 0 Å². The molecule has 0 aromatic heterocycles. The highest BCUT2D eigenvalue weighted by atomic mass is 16.6. The molecule has 0 saturated carbocycles. The summed E-state index contributed by atoms with van der Waals surface area (Å²) in [6.07, 6.45) is 2.41. The molecule has 0 aromatic carbocycles. The van der Waals surface area contributed by atoms with Crippen molar-refractivity contribution in [2.45, 2.75) is 37.4 Å². The van der Waals surface area contributed by atoms with Gasteiger partial charge in [0.05, 0.1) is 12.6 Å². The van der Waals surface area contributed by atoms with E-state index in [0.717, 1.165) is 5.70 Å². The van der Waals surface area contributed by atoms with Gasteiger partial charge in [0.15, 0.2) is 0 Å². The molecule has 5 unspecified atom stereocenters. The second-order valence-electron chi connectivity index (χ2n) is 3.76. The predicted octanol–water partition coefficient (Wildman–Crippen LogP) is -0.611. The van der Waals surface area contributed by atoms with Gasteiger partial charge >= 0.3 is 0 Å². The lowest BCUT2D eigenvalue weighted by Gasteiger charge is -2.44. The zero-order valence-corrected chi connectivity index (χ0v) is 7.43. The van der Waals surface area contributed by atoms with Gasteiger partial charge in [-0.05, 0) is 6.92 Å². The Morgan fingerprint density at radius 1 is 1.46 bits per heavy atom. The van der Waals surface area contributed by atoms with E-state index in [2.05, 4.69) is 5.32 Å². The first kappa shape index (κ1) is 7.79. The van der Waals surface area contributed by atoms with E-state index in [0.29, 0.717) is 6.04 Å². The topological polar surface area (TPSA) is 54.0 Å². The van der Waals surface area contributed by atoms with Crippen LogP contribution in [-0.2, 0) is 9.47 Å². The van der Waals surface area contributed by atoms with Crippen molar-refractivity contribution in [3.8, 4) is 0 Å². The van der Waals surface area contributed by atoms with Crippen molar-refractivity contribution in [2.75, 3.05) is 6.61 Å². The number of ether oxygens (including phenoxy) is 2. The van der Waals surface area contributed by atoms with Gasteiger partial charge in [0.1, 0.15) is 24.4 Å². The third-order valence-electron chi connectivity index (χ3n) is 3.06. The lowest BCUT2D eigenvalue weighted by atomic mass is 9.89. The van der Waals surface area contributed by atoms with Crippen molar-refractivity contribution in [2.24, 2.45) is 0 Å². The minimum Gasteiger partial charge on any atom is -0.394 e. The number of allylic oxidation sites excluding steroid dienone is 1. The smallest absolute Gasteiger partial charge is 0.120 e. The molecule has 13 heavy (non-hydrogen) atoms. The maximum absolute atomic E-state index is 9.03. The van der Waals surface area contributed by atoms with Crippen LogP contribution in [0.2, 0.25) is 0 Å². The number of aliphatic hydroxyl groups is 1. The summed E-state index contributed by atoms with van der Waals surface area (Å²) in [5.41, 5.74) is 1.12. The largest absolute Gasteiger partial charge is 0.394 e. The highest BCUT2D eigenvalue weighted by molar-refractivity contribution is 5.27. The molecule has 0 bridgehead atoms. The molecule has 72 valence electrons. The zero-order valence-electron chi connectivity index (χ0n) is 7.43. The molecule has 3 aliphatic rings. The second-order valence-corrected chi connectivity index (χ2v) is 3.76. The van der Waals surface area contributed by atoms with Gasteiger partial charge in [-0.25, -0.2) is 0 Å². The minimum atomic E-state index is -0.122. The van der Waals surface area contributed by atoms with E-state index in [1.165, 1.54) is 0 Å². The zero-order chi connectivity index (χ0) is 9.00. The summed E-state index contributed by atoms with van der Waals surface area (Å²) in [4.78, 5) is 0. The molecule has 3 aliphatic heterocycles. The molecule has 3 fully saturated rings. The van der Waals surface area contributed by atoms with E-state index in [4.69, 9.17) is 14.6 Å². The molecule has 0 amide bonds. The number of nitrogens with one attached hydrogen (secondary N) is 1. The first-order chi connectivity index (χ1) is 6.35. The predicted molar refractivity (Wildman–Crippen MR) is 45.1 cm³/mol. The van der Waals surface area contributed by atoms with Crippen LogP contribution in [-0.4, -0.2) is 42.2 Å². The second kappa shape index (κ2) is 2.47. The molecular formula is C9H13NO3. The molecule has 0 spiro atoms. The Kier molecular flexibility index (Phi) is 1.48. The monoisotopic (exact) mass is 183 g/mol. The van der Waals surface area contributed by atoms with Crippen molar-refractivity contribution >= 4 is 0 Å². The van der Waals surface area contributed by atoms with Gasteiger partial charge in [-0.15, -0.1) is 0 Å². The third kappa shape index (κ3) is 0.907. The number of epoxide rings is 1. The van der Waals surface area contributed by atoms with Gasteiger partial charge in [0.25, 0.3) is 0 Å². The molecule has 3 rings (SSSR count).